The summed E-state index contributed by atoms with van der Waals surface area (Å²) in [4.78, 5) is 4.55. The van der Waals surface area contributed by atoms with Crippen molar-refractivity contribution in [3.63, 3.8) is 0 Å². The maximum Gasteiger partial charge on any atom is 0.230 e. The number of pyridine rings is 1. The zero-order valence-corrected chi connectivity index (χ0v) is 12.7. The second-order valence-electron chi connectivity index (χ2n) is 6.19. The SMILES string of the molecule is COc1c2ccoc2nc2ccc3c(c12)C[C@H](C(C)(C)O)O3. The molecule has 1 aliphatic heterocycles. The van der Waals surface area contributed by atoms with Crippen LogP contribution in [-0.2, 0) is 6.42 Å². The summed E-state index contributed by atoms with van der Waals surface area (Å²) in [6.07, 6.45) is 1.95. The number of ether oxygens (including phenoxy) is 2. The summed E-state index contributed by atoms with van der Waals surface area (Å²) in [6.45, 7) is 3.52. The number of aliphatic hydroxyl groups is 1. The molecule has 114 valence electrons. The zero-order chi connectivity index (χ0) is 15.5. The first-order valence-corrected chi connectivity index (χ1v) is 7.25. The molecule has 0 spiro atoms. The van der Waals surface area contributed by atoms with E-state index in [2.05, 4.69) is 4.98 Å². The Hall–Kier alpha value is -2.27. The van der Waals surface area contributed by atoms with Crippen molar-refractivity contribution in [1.29, 1.82) is 0 Å². The molecular formula is C17H17NO4. The largest absolute Gasteiger partial charge is 0.495 e. The molecule has 5 nitrogen and oxygen atoms in total. The lowest BCUT2D eigenvalue weighted by Crippen LogP contribution is -2.39. The van der Waals surface area contributed by atoms with Gasteiger partial charge < -0.3 is 19.0 Å². The van der Waals surface area contributed by atoms with Gasteiger partial charge in [0.1, 0.15) is 17.6 Å². The molecule has 1 atom stereocenters. The summed E-state index contributed by atoms with van der Waals surface area (Å²) < 4.78 is 16.9. The fraction of sp³-hybridized carbons (Fsp3) is 0.353. The van der Waals surface area contributed by atoms with Crippen LogP contribution in [0, 0.1) is 0 Å². The molecule has 0 radical (unpaired) electrons. The van der Waals surface area contributed by atoms with Gasteiger partial charge in [0.2, 0.25) is 5.71 Å². The minimum atomic E-state index is -0.911. The van der Waals surface area contributed by atoms with Crippen LogP contribution in [-0.4, -0.2) is 28.9 Å². The van der Waals surface area contributed by atoms with Crippen LogP contribution in [0.4, 0.5) is 0 Å². The molecule has 22 heavy (non-hydrogen) atoms. The molecule has 1 aromatic carbocycles. The highest BCUT2D eigenvalue weighted by molar-refractivity contribution is 6.02. The third-order valence-electron chi connectivity index (χ3n) is 4.24. The molecular weight excluding hydrogens is 282 g/mol. The molecule has 0 bridgehead atoms. The van der Waals surface area contributed by atoms with E-state index >= 15 is 0 Å². The predicted octanol–water partition coefficient (Wildman–Crippen LogP) is 3.06. The molecule has 0 saturated carbocycles. The Balaban J connectivity index is 2.01. The summed E-state index contributed by atoms with van der Waals surface area (Å²) in [7, 11) is 1.64. The van der Waals surface area contributed by atoms with Crippen molar-refractivity contribution in [1.82, 2.24) is 4.98 Å². The molecule has 1 aliphatic rings. The van der Waals surface area contributed by atoms with Crippen molar-refractivity contribution in [2.45, 2.75) is 32.0 Å². The summed E-state index contributed by atoms with van der Waals surface area (Å²) in [5.41, 5.74) is 1.48. The molecule has 0 amide bonds. The van der Waals surface area contributed by atoms with E-state index < -0.39 is 5.60 Å². The lowest BCUT2D eigenvalue weighted by Gasteiger charge is -2.24. The standard InChI is InChI=1S/C17H17NO4/c1-17(2,19)13-8-10-12(22-13)5-4-11-14(10)15(20-3)9-6-7-21-16(9)18-11/h4-7,13,19H,8H2,1-3H3/t13-/m1/s1. The lowest BCUT2D eigenvalue weighted by molar-refractivity contribution is -0.0229. The van der Waals surface area contributed by atoms with E-state index in [1.165, 1.54) is 0 Å². The van der Waals surface area contributed by atoms with Crippen LogP contribution in [0.25, 0.3) is 22.0 Å². The second kappa shape index (κ2) is 4.36. The molecule has 0 aliphatic carbocycles. The van der Waals surface area contributed by atoms with E-state index in [-0.39, 0.29) is 6.10 Å². The molecule has 0 fully saturated rings. The number of hydrogen-bond acceptors (Lipinski definition) is 5. The van der Waals surface area contributed by atoms with E-state index in [4.69, 9.17) is 13.9 Å². The summed E-state index contributed by atoms with van der Waals surface area (Å²) in [6, 6.07) is 5.64. The van der Waals surface area contributed by atoms with Gasteiger partial charge in [0.05, 0.1) is 35.3 Å². The van der Waals surface area contributed by atoms with Crippen LogP contribution in [0.5, 0.6) is 11.5 Å². The molecule has 0 saturated heterocycles. The Kier molecular flexibility index (Phi) is 2.66. The number of furan rings is 1. The van der Waals surface area contributed by atoms with Gasteiger partial charge in [0.25, 0.3) is 0 Å². The molecule has 1 N–H and O–H groups in total. The average Bonchev–Trinajstić information content (AvgIpc) is 3.09. The van der Waals surface area contributed by atoms with Gasteiger partial charge in [-0.25, -0.2) is 4.98 Å². The predicted molar refractivity (Wildman–Crippen MR) is 82.5 cm³/mol. The van der Waals surface area contributed by atoms with Crippen LogP contribution in [0.1, 0.15) is 19.4 Å². The van der Waals surface area contributed by atoms with Crippen LogP contribution >= 0.6 is 0 Å². The fourth-order valence-corrected chi connectivity index (χ4v) is 3.07. The zero-order valence-electron chi connectivity index (χ0n) is 12.7. The number of methoxy groups -OCH3 is 1. The van der Waals surface area contributed by atoms with Gasteiger partial charge in [0.15, 0.2) is 0 Å². The first-order valence-electron chi connectivity index (χ1n) is 7.25. The number of aromatic nitrogens is 1. The van der Waals surface area contributed by atoms with Gasteiger partial charge in [-0.1, -0.05) is 0 Å². The van der Waals surface area contributed by atoms with E-state index in [0.717, 1.165) is 33.4 Å². The van der Waals surface area contributed by atoms with E-state index in [9.17, 15) is 5.11 Å². The molecule has 4 rings (SSSR count). The minimum absolute atomic E-state index is 0.280. The van der Waals surface area contributed by atoms with Crippen LogP contribution in [0.15, 0.2) is 28.9 Å². The Morgan fingerprint density at radius 2 is 2.14 bits per heavy atom. The normalized spacial score (nSPS) is 17.7. The molecule has 3 aromatic rings. The monoisotopic (exact) mass is 299 g/mol. The van der Waals surface area contributed by atoms with E-state index in [1.807, 2.05) is 18.2 Å². The third-order valence-corrected chi connectivity index (χ3v) is 4.24. The maximum absolute atomic E-state index is 10.2. The molecule has 5 heteroatoms. The van der Waals surface area contributed by atoms with Gasteiger partial charge in [-0.05, 0) is 32.0 Å². The van der Waals surface area contributed by atoms with Crippen molar-refractivity contribution in [2.24, 2.45) is 0 Å². The Morgan fingerprint density at radius 1 is 1.32 bits per heavy atom. The Morgan fingerprint density at radius 3 is 2.86 bits per heavy atom. The highest BCUT2D eigenvalue weighted by Crippen LogP contribution is 2.43. The van der Waals surface area contributed by atoms with Crippen molar-refractivity contribution >= 4 is 22.0 Å². The summed E-state index contributed by atoms with van der Waals surface area (Å²) in [5, 5.41) is 12.0. The topological polar surface area (TPSA) is 64.7 Å². The van der Waals surface area contributed by atoms with Gasteiger partial charge >= 0.3 is 0 Å². The molecule has 3 heterocycles. The smallest absolute Gasteiger partial charge is 0.230 e. The number of rotatable bonds is 2. The quantitative estimate of drug-likeness (QED) is 0.788. The highest BCUT2D eigenvalue weighted by Gasteiger charge is 2.36. The van der Waals surface area contributed by atoms with Crippen LogP contribution in [0.2, 0.25) is 0 Å². The summed E-state index contributed by atoms with van der Waals surface area (Å²) >= 11 is 0. The number of benzene rings is 1. The number of nitrogens with zero attached hydrogens (tertiary/aromatic N) is 1. The number of hydrogen-bond donors (Lipinski definition) is 1. The van der Waals surface area contributed by atoms with E-state index in [0.29, 0.717) is 12.1 Å². The van der Waals surface area contributed by atoms with E-state index in [1.54, 1.807) is 27.2 Å². The van der Waals surface area contributed by atoms with Crippen LogP contribution < -0.4 is 9.47 Å². The van der Waals surface area contributed by atoms with Crippen molar-refractivity contribution < 1.29 is 19.0 Å². The summed E-state index contributed by atoms with van der Waals surface area (Å²) in [5.74, 6) is 1.52. The first kappa shape index (κ1) is 13.4. The van der Waals surface area contributed by atoms with Crippen LogP contribution in [0.3, 0.4) is 0 Å². The molecule has 0 unspecified atom stereocenters. The third kappa shape index (κ3) is 1.78. The van der Waals surface area contributed by atoms with Crippen molar-refractivity contribution in [3.05, 3.63) is 30.0 Å². The highest BCUT2D eigenvalue weighted by atomic mass is 16.5. The lowest BCUT2D eigenvalue weighted by atomic mass is 9.95. The van der Waals surface area contributed by atoms with Gasteiger partial charge in [-0.3, -0.25) is 0 Å². The Labute approximate surface area is 127 Å². The minimum Gasteiger partial charge on any atom is -0.495 e. The first-order chi connectivity index (χ1) is 10.5. The van der Waals surface area contributed by atoms with Crippen molar-refractivity contribution in [3.8, 4) is 11.5 Å². The Bertz CT molecular complexity index is 876. The molecule has 2 aromatic heterocycles. The van der Waals surface area contributed by atoms with Gasteiger partial charge in [-0.15, -0.1) is 0 Å². The second-order valence-corrected chi connectivity index (χ2v) is 6.19. The van der Waals surface area contributed by atoms with Gasteiger partial charge in [0, 0.05) is 12.0 Å². The van der Waals surface area contributed by atoms with Gasteiger partial charge in [-0.2, -0.15) is 0 Å². The maximum atomic E-state index is 10.2. The van der Waals surface area contributed by atoms with Crippen molar-refractivity contribution in [2.75, 3.05) is 7.11 Å². The fourth-order valence-electron chi connectivity index (χ4n) is 3.07. The number of fused-ring (bicyclic) bond motifs is 4. The average molecular weight is 299 g/mol.